The number of methoxy groups -OCH3 is 1. The molecule has 0 saturated carbocycles. The molecule has 24 heavy (non-hydrogen) atoms. The molecule has 3 nitrogen and oxygen atoms in total. The molecule has 0 radical (unpaired) electrons. The summed E-state index contributed by atoms with van der Waals surface area (Å²) in [6.07, 6.45) is 4.05. The van der Waals surface area contributed by atoms with Gasteiger partial charge in [0.15, 0.2) is 0 Å². The van der Waals surface area contributed by atoms with Crippen molar-refractivity contribution in [2.75, 3.05) is 7.11 Å². The molecule has 1 aromatic carbocycles. The zero-order valence-corrected chi connectivity index (χ0v) is 15.8. The van der Waals surface area contributed by atoms with Crippen molar-refractivity contribution in [1.82, 2.24) is 4.57 Å². The van der Waals surface area contributed by atoms with E-state index in [0.29, 0.717) is 0 Å². The molecule has 130 valence electrons. The number of hydrogen-bond donors (Lipinski definition) is 0. The van der Waals surface area contributed by atoms with Crippen molar-refractivity contribution < 1.29 is 4.74 Å². The molecule has 1 aromatic heterocycles. The second-order valence-corrected chi connectivity index (χ2v) is 7.43. The minimum absolute atomic E-state index is 0.0275. The van der Waals surface area contributed by atoms with Gasteiger partial charge in [-0.1, -0.05) is 46.2 Å². The van der Waals surface area contributed by atoms with E-state index in [2.05, 4.69) is 45.9 Å². The lowest BCUT2D eigenvalue weighted by atomic mass is 9.85. The lowest BCUT2D eigenvalue weighted by Gasteiger charge is -2.22. The Hall–Kier alpha value is -2.03. The third kappa shape index (κ3) is 3.89. The van der Waals surface area contributed by atoms with Crippen LogP contribution in [0.15, 0.2) is 35.3 Å². The Morgan fingerprint density at radius 2 is 1.83 bits per heavy atom. The predicted molar refractivity (Wildman–Crippen MR) is 101 cm³/mol. The van der Waals surface area contributed by atoms with Gasteiger partial charge in [-0.3, -0.25) is 4.79 Å². The van der Waals surface area contributed by atoms with Gasteiger partial charge in [0, 0.05) is 18.3 Å². The SMILES string of the molecule is CCCCn1cc(-c2ccc(C(C)(C)C)c(OC)c2)cc(C)c1=O. The van der Waals surface area contributed by atoms with Crippen molar-refractivity contribution in [3.8, 4) is 16.9 Å². The maximum absolute atomic E-state index is 12.3. The van der Waals surface area contributed by atoms with E-state index in [9.17, 15) is 4.79 Å². The Bertz CT molecular complexity index is 766. The van der Waals surface area contributed by atoms with Gasteiger partial charge in [-0.15, -0.1) is 0 Å². The summed E-state index contributed by atoms with van der Waals surface area (Å²) in [7, 11) is 1.71. The van der Waals surface area contributed by atoms with Gasteiger partial charge >= 0.3 is 0 Å². The first-order valence-electron chi connectivity index (χ1n) is 8.68. The summed E-state index contributed by atoms with van der Waals surface area (Å²) in [5.74, 6) is 0.893. The van der Waals surface area contributed by atoms with Gasteiger partial charge in [-0.25, -0.2) is 0 Å². The number of benzene rings is 1. The minimum Gasteiger partial charge on any atom is -0.496 e. The van der Waals surface area contributed by atoms with Crippen LogP contribution in [0.4, 0.5) is 0 Å². The van der Waals surface area contributed by atoms with Crippen LogP contribution in [0.5, 0.6) is 5.75 Å². The fourth-order valence-electron chi connectivity index (χ4n) is 2.93. The highest BCUT2D eigenvalue weighted by Gasteiger charge is 2.19. The summed E-state index contributed by atoms with van der Waals surface area (Å²) >= 11 is 0. The number of ether oxygens (including phenoxy) is 1. The molecule has 0 spiro atoms. The summed E-state index contributed by atoms with van der Waals surface area (Å²) in [5, 5.41) is 0. The molecule has 0 unspecified atom stereocenters. The molecule has 2 rings (SSSR count). The zero-order chi connectivity index (χ0) is 17.9. The summed E-state index contributed by atoms with van der Waals surface area (Å²) in [6.45, 7) is 11.3. The first-order valence-corrected chi connectivity index (χ1v) is 8.68. The molecule has 0 saturated heterocycles. The average molecular weight is 327 g/mol. The van der Waals surface area contributed by atoms with Crippen molar-refractivity contribution in [2.24, 2.45) is 0 Å². The van der Waals surface area contributed by atoms with E-state index in [1.165, 1.54) is 5.56 Å². The van der Waals surface area contributed by atoms with E-state index < -0.39 is 0 Å². The number of pyridine rings is 1. The van der Waals surface area contributed by atoms with E-state index in [0.717, 1.165) is 41.8 Å². The second kappa shape index (κ2) is 7.25. The van der Waals surface area contributed by atoms with Gasteiger partial charge in [0.05, 0.1) is 7.11 Å². The van der Waals surface area contributed by atoms with Crippen LogP contribution in [-0.2, 0) is 12.0 Å². The van der Waals surface area contributed by atoms with Crippen molar-refractivity contribution >= 4 is 0 Å². The summed E-state index contributed by atoms with van der Waals surface area (Å²) < 4.78 is 7.45. The van der Waals surface area contributed by atoms with E-state index >= 15 is 0 Å². The fraction of sp³-hybridized carbons (Fsp3) is 0.476. The molecule has 1 heterocycles. The summed E-state index contributed by atoms with van der Waals surface area (Å²) in [6, 6.07) is 8.29. The van der Waals surface area contributed by atoms with Gasteiger partial charge in [-0.2, -0.15) is 0 Å². The summed E-state index contributed by atoms with van der Waals surface area (Å²) in [5.41, 5.74) is 4.23. The predicted octanol–water partition coefficient (Wildman–Crippen LogP) is 4.93. The highest BCUT2D eigenvalue weighted by molar-refractivity contribution is 5.66. The molecular formula is C21H29NO2. The Balaban J connectivity index is 2.52. The highest BCUT2D eigenvalue weighted by Crippen LogP contribution is 2.34. The van der Waals surface area contributed by atoms with Gasteiger partial charge in [0.2, 0.25) is 0 Å². The topological polar surface area (TPSA) is 31.2 Å². The first kappa shape index (κ1) is 18.3. The van der Waals surface area contributed by atoms with E-state index in [1.807, 2.05) is 23.8 Å². The third-order valence-corrected chi connectivity index (χ3v) is 4.36. The van der Waals surface area contributed by atoms with Crippen molar-refractivity contribution in [1.29, 1.82) is 0 Å². The van der Waals surface area contributed by atoms with Crippen LogP contribution in [0.1, 0.15) is 51.7 Å². The second-order valence-electron chi connectivity index (χ2n) is 7.43. The molecule has 0 atom stereocenters. The van der Waals surface area contributed by atoms with Crippen LogP contribution in [-0.4, -0.2) is 11.7 Å². The number of unbranched alkanes of at least 4 members (excludes halogenated alkanes) is 1. The van der Waals surface area contributed by atoms with Crippen LogP contribution in [0.3, 0.4) is 0 Å². The molecule has 0 bridgehead atoms. The van der Waals surface area contributed by atoms with Crippen molar-refractivity contribution in [2.45, 2.75) is 59.4 Å². The molecule has 0 fully saturated rings. The third-order valence-electron chi connectivity index (χ3n) is 4.36. The molecule has 0 amide bonds. The van der Waals surface area contributed by atoms with E-state index in [-0.39, 0.29) is 11.0 Å². The maximum atomic E-state index is 12.3. The maximum Gasteiger partial charge on any atom is 0.253 e. The highest BCUT2D eigenvalue weighted by atomic mass is 16.5. The number of hydrogen-bond acceptors (Lipinski definition) is 2. The lowest BCUT2D eigenvalue weighted by Crippen LogP contribution is -2.22. The Morgan fingerprint density at radius 1 is 1.12 bits per heavy atom. The Kier molecular flexibility index (Phi) is 5.53. The fourth-order valence-corrected chi connectivity index (χ4v) is 2.93. The Labute approximate surface area is 145 Å². The van der Waals surface area contributed by atoms with Gasteiger partial charge < -0.3 is 9.30 Å². The number of nitrogens with zero attached hydrogens (tertiary/aromatic N) is 1. The molecular weight excluding hydrogens is 298 g/mol. The number of aromatic nitrogens is 1. The molecule has 0 aliphatic carbocycles. The smallest absolute Gasteiger partial charge is 0.253 e. The van der Waals surface area contributed by atoms with Gasteiger partial charge in [0.1, 0.15) is 5.75 Å². The molecule has 3 heteroatoms. The van der Waals surface area contributed by atoms with Crippen molar-refractivity contribution in [3.63, 3.8) is 0 Å². The minimum atomic E-state index is 0.0275. The largest absolute Gasteiger partial charge is 0.496 e. The molecule has 2 aromatic rings. The van der Waals surface area contributed by atoms with E-state index in [4.69, 9.17) is 4.74 Å². The average Bonchev–Trinajstić information content (AvgIpc) is 2.54. The normalized spacial score (nSPS) is 11.6. The van der Waals surface area contributed by atoms with Gasteiger partial charge in [-0.05, 0) is 47.6 Å². The van der Waals surface area contributed by atoms with E-state index in [1.54, 1.807) is 7.11 Å². The van der Waals surface area contributed by atoms with Crippen LogP contribution < -0.4 is 10.3 Å². The van der Waals surface area contributed by atoms with Crippen LogP contribution in [0, 0.1) is 6.92 Å². The molecule has 0 aliphatic rings. The van der Waals surface area contributed by atoms with Crippen LogP contribution >= 0.6 is 0 Å². The van der Waals surface area contributed by atoms with Crippen molar-refractivity contribution in [3.05, 3.63) is 51.9 Å². The zero-order valence-electron chi connectivity index (χ0n) is 15.8. The van der Waals surface area contributed by atoms with Crippen LogP contribution in [0.2, 0.25) is 0 Å². The summed E-state index contributed by atoms with van der Waals surface area (Å²) in [4.78, 5) is 12.3. The standard InChI is InChI=1S/C21H29NO2/c1-7-8-11-22-14-17(12-15(2)20(22)23)16-9-10-18(21(3,4)5)19(13-16)24-6/h9-10,12-14H,7-8,11H2,1-6H3. The molecule has 0 aliphatic heterocycles. The molecule has 0 N–H and O–H groups in total. The quantitative estimate of drug-likeness (QED) is 0.779. The lowest BCUT2D eigenvalue weighted by molar-refractivity contribution is 0.398. The van der Waals surface area contributed by atoms with Gasteiger partial charge in [0.25, 0.3) is 5.56 Å². The first-order chi connectivity index (χ1) is 11.3. The Morgan fingerprint density at radius 3 is 2.42 bits per heavy atom. The number of rotatable bonds is 5. The monoisotopic (exact) mass is 327 g/mol. The van der Waals surface area contributed by atoms with Crippen LogP contribution in [0.25, 0.3) is 11.1 Å². The number of aryl methyl sites for hydroxylation is 2.